The third kappa shape index (κ3) is 4.50. The number of carbonyl (C=O) groups excluding carboxylic acids is 1. The average Bonchev–Trinajstić information content (AvgIpc) is 2.54. The van der Waals surface area contributed by atoms with Crippen molar-refractivity contribution in [1.82, 2.24) is 5.32 Å². The molecule has 0 saturated heterocycles. The Hall–Kier alpha value is -3.03. The lowest BCUT2D eigenvalue weighted by molar-refractivity contribution is -0.385. The molecule has 132 valence electrons. The lowest BCUT2D eigenvalue weighted by Crippen LogP contribution is -2.27. The fourth-order valence-corrected chi connectivity index (χ4v) is 2.36. The first-order valence-electron chi connectivity index (χ1n) is 7.39. The predicted molar refractivity (Wildman–Crippen MR) is 86.8 cm³/mol. The number of rotatable bonds is 6. The number of hydrogen-bond donors (Lipinski definition) is 1. The van der Waals surface area contributed by atoms with Crippen molar-refractivity contribution in [3.05, 3.63) is 69.3 Å². The first kappa shape index (κ1) is 18.3. The number of nitrogens with zero attached hydrogens (tertiary/aromatic N) is 1. The van der Waals surface area contributed by atoms with Crippen LogP contribution in [-0.2, 0) is 0 Å². The van der Waals surface area contributed by atoms with E-state index >= 15 is 0 Å². The maximum absolute atomic E-state index is 12.4. The molecular weight excluding hydrogens is 334 g/mol. The molecule has 0 radical (unpaired) electrons. The highest BCUT2D eigenvalue weighted by molar-refractivity contribution is 5.96. The second kappa shape index (κ2) is 7.69. The number of nitro groups is 1. The summed E-state index contributed by atoms with van der Waals surface area (Å²) in [7, 11) is 0. The third-order valence-electron chi connectivity index (χ3n) is 3.70. The molecule has 2 aromatic carbocycles. The molecule has 2 rings (SSSR count). The number of ether oxygens (including phenoxy) is 1. The maximum atomic E-state index is 12.4. The molecule has 2 aromatic rings. The van der Waals surface area contributed by atoms with Gasteiger partial charge in [0, 0.05) is 17.2 Å². The third-order valence-corrected chi connectivity index (χ3v) is 3.70. The Balaban J connectivity index is 2.12. The summed E-state index contributed by atoms with van der Waals surface area (Å²) in [5.74, 6) is -0.437. The van der Waals surface area contributed by atoms with Gasteiger partial charge in [-0.25, -0.2) is 0 Å². The minimum absolute atomic E-state index is 0.0202. The van der Waals surface area contributed by atoms with Crippen molar-refractivity contribution in [2.75, 3.05) is 0 Å². The second-order valence-electron chi connectivity index (χ2n) is 5.35. The van der Waals surface area contributed by atoms with E-state index < -0.39 is 23.5 Å². The van der Waals surface area contributed by atoms with Crippen LogP contribution >= 0.6 is 0 Å². The van der Waals surface area contributed by atoms with Crippen molar-refractivity contribution >= 4 is 11.6 Å². The Morgan fingerprint density at radius 1 is 1.20 bits per heavy atom. The summed E-state index contributed by atoms with van der Waals surface area (Å²) >= 11 is 0. The SMILES string of the molecule is Cc1c(C(=O)NC(C)c2ccc(OC(F)F)cc2)cccc1[N+](=O)[O-]. The molecule has 1 N–H and O–H groups in total. The summed E-state index contributed by atoms with van der Waals surface area (Å²) in [4.78, 5) is 22.8. The lowest BCUT2D eigenvalue weighted by atomic mass is 10.0. The molecule has 0 heterocycles. The Bertz CT molecular complexity index is 779. The molecule has 0 bridgehead atoms. The van der Waals surface area contributed by atoms with Gasteiger partial charge in [0.2, 0.25) is 0 Å². The van der Waals surface area contributed by atoms with E-state index in [0.717, 1.165) is 0 Å². The number of alkyl halides is 2. The number of halogens is 2. The molecule has 1 unspecified atom stereocenters. The van der Waals surface area contributed by atoms with Crippen LogP contribution in [0.5, 0.6) is 5.75 Å². The summed E-state index contributed by atoms with van der Waals surface area (Å²) in [6.45, 7) is 0.321. The second-order valence-corrected chi connectivity index (χ2v) is 5.35. The van der Waals surface area contributed by atoms with Crippen LogP contribution in [0.2, 0.25) is 0 Å². The Kier molecular flexibility index (Phi) is 5.63. The standard InChI is InChI=1S/C17H16F2N2O4/c1-10-14(4-3-5-15(10)21(23)24)16(22)20-11(2)12-6-8-13(9-7-12)25-17(18)19/h3-9,11,17H,1-2H3,(H,20,22). The predicted octanol–water partition coefficient (Wildman–Crippen LogP) is 4.00. The van der Waals surface area contributed by atoms with Crippen LogP contribution in [0.15, 0.2) is 42.5 Å². The van der Waals surface area contributed by atoms with Gasteiger partial charge in [0.1, 0.15) is 5.75 Å². The molecule has 0 aliphatic carbocycles. The number of hydrogen-bond acceptors (Lipinski definition) is 4. The van der Waals surface area contributed by atoms with E-state index in [2.05, 4.69) is 10.1 Å². The topological polar surface area (TPSA) is 81.5 Å². The van der Waals surface area contributed by atoms with Crippen molar-refractivity contribution in [1.29, 1.82) is 0 Å². The monoisotopic (exact) mass is 350 g/mol. The van der Waals surface area contributed by atoms with Gasteiger partial charge in [0.05, 0.1) is 11.0 Å². The van der Waals surface area contributed by atoms with E-state index in [1.54, 1.807) is 19.1 Å². The minimum atomic E-state index is -2.90. The van der Waals surface area contributed by atoms with E-state index in [-0.39, 0.29) is 22.6 Å². The quantitative estimate of drug-likeness (QED) is 0.631. The molecule has 0 saturated carbocycles. The maximum Gasteiger partial charge on any atom is 0.387 e. The Morgan fingerprint density at radius 2 is 1.84 bits per heavy atom. The highest BCUT2D eigenvalue weighted by atomic mass is 19.3. The number of amides is 1. The van der Waals surface area contributed by atoms with E-state index in [1.165, 1.54) is 37.3 Å². The van der Waals surface area contributed by atoms with Gasteiger partial charge in [-0.2, -0.15) is 8.78 Å². The van der Waals surface area contributed by atoms with Crippen LogP contribution in [0.4, 0.5) is 14.5 Å². The van der Waals surface area contributed by atoms with Crippen molar-refractivity contribution in [3.63, 3.8) is 0 Å². The molecule has 0 fully saturated rings. The number of benzene rings is 2. The van der Waals surface area contributed by atoms with Gasteiger partial charge >= 0.3 is 6.61 Å². The van der Waals surface area contributed by atoms with Crippen molar-refractivity contribution in [3.8, 4) is 5.75 Å². The zero-order chi connectivity index (χ0) is 18.6. The van der Waals surface area contributed by atoms with E-state index in [9.17, 15) is 23.7 Å². The van der Waals surface area contributed by atoms with Crippen LogP contribution < -0.4 is 10.1 Å². The molecular formula is C17H16F2N2O4. The minimum Gasteiger partial charge on any atom is -0.435 e. The van der Waals surface area contributed by atoms with Crippen molar-refractivity contribution in [2.24, 2.45) is 0 Å². The van der Waals surface area contributed by atoms with Crippen LogP contribution in [0.25, 0.3) is 0 Å². The smallest absolute Gasteiger partial charge is 0.387 e. The molecule has 8 heteroatoms. The molecule has 0 spiro atoms. The molecule has 1 amide bonds. The van der Waals surface area contributed by atoms with E-state index in [4.69, 9.17) is 0 Å². The van der Waals surface area contributed by atoms with Crippen LogP contribution in [-0.4, -0.2) is 17.4 Å². The molecule has 0 aliphatic heterocycles. The fraction of sp³-hybridized carbons (Fsp3) is 0.235. The van der Waals surface area contributed by atoms with Crippen molar-refractivity contribution < 1.29 is 23.2 Å². The first-order valence-corrected chi connectivity index (χ1v) is 7.39. The highest BCUT2D eigenvalue weighted by Gasteiger charge is 2.19. The normalized spacial score (nSPS) is 11.9. The molecule has 6 nitrogen and oxygen atoms in total. The van der Waals surface area contributed by atoms with E-state index in [1.807, 2.05) is 0 Å². The van der Waals surface area contributed by atoms with Crippen LogP contribution in [0.1, 0.15) is 34.5 Å². The number of nitrogens with one attached hydrogen (secondary N) is 1. The summed E-state index contributed by atoms with van der Waals surface area (Å²) in [6, 6.07) is 9.73. The number of nitro benzene ring substituents is 1. The zero-order valence-electron chi connectivity index (χ0n) is 13.5. The van der Waals surface area contributed by atoms with Crippen LogP contribution in [0.3, 0.4) is 0 Å². The average molecular weight is 350 g/mol. The highest BCUT2D eigenvalue weighted by Crippen LogP contribution is 2.23. The van der Waals surface area contributed by atoms with Gasteiger partial charge in [-0.3, -0.25) is 14.9 Å². The Labute approximate surface area is 142 Å². The van der Waals surface area contributed by atoms with Gasteiger partial charge in [0.25, 0.3) is 11.6 Å². The van der Waals surface area contributed by atoms with Crippen LogP contribution in [0, 0.1) is 17.0 Å². The summed E-state index contributed by atoms with van der Waals surface area (Å²) in [5, 5.41) is 13.7. The van der Waals surface area contributed by atoms with Gasteiger partial charge in [0.15, 0.2) is 0 Å². The lowest BCUT2D eigenvalue weighted by Gasteiger charge is -2.16. The molecule has 1 atom stereocenters. The Morgan fingerprint density at radius 3 is 2.40 bits per heavy atom. The molecule has 0 aliphatic rings. The first-order chi connectivity index (χ1) is 11.8. The largest absolute Gasteiger partial charge is 0.435 e. The fourth-order valence-electron chi connectivity index (χ4n) is 2.36. The van der Waals surface area contributed by atoms with Gasteiger partial charge < -0.3 is 10.1 Å². The summed E-state index contributed by atoms with van der Waals surface area (Å²) in [6.07, 6.45) is 0. The van der Waals surface area contributed by atoms with E-state index in [0.29, 0.717) is 5.56 Å². The van der Waals surface area contributed by atoms with Gasteiger partial charge in [-0.1, -0.05) is 18.2 Å². The van der Waals surface area contributed by atoms with Crippen molar-refractivity contribution in [2.45, 2.75) is 26.5 Å². The molecule has 25 heavy (non-hydrogen) atoms. The van der Waals surface area contributed by atoms with Gasteiger partial charge in [-0.15, -0.1) is 0 Å². The molecule has 0 aromatic heterocycles. The zero-order valence-corrected chi connectivity index (χ0v) is 13.5. The summed E-state index contributed by atoms with van der Waals surface area (Å²) < 4.78 is 28.5. The summed E-state index contributed by atoms with van der Waals surface area (Å²) in [5.41, 5.74) is 1.03. The van der Waals surface area contributed by atoms with Gasteiger partial charge in [-0.05, 0) is 37.6 Å². The number of carbonyl (C=O) groups is 1.